The second-order valence-corrected chi connectivity index (χ2v) is 4.81. The smallest absolute Gasteiger partial charge is 0.299 e. The highest BCUT2D eigenvalue weighted by molar-refractivity contribution is 5.81. The van der Waals surface area contributed by atoms with Gasteiger partial charge < -0.3 is 0 Å². The molecule has 1 aliphatic rings. The molecule has 1 atom stereocenters. The number of hydrogen-bond acceptors (Lipinski definition) is 1. The van der Waals surface area contributed by atoms with E-state index < -0.39 is 11.7 Å². The summed E-state index contributed by atoms with van der Waals surface area (Å²) in [6.07, 6.45) is -0.263. The van der Waals surface area contributed by atoms with Gasteiger partial charge >= 0.3 is 6.18 Å². The van der Waals surface area contributed by atoms with Crippen LogP contribution in [0.25, 0.3) is 0 Å². The lowest BCUT2D eigenvalue weighted by Crippen LogP contribution is -2.21. The molecule has 18 heavy (non-hydrogen) atoms. The van der Waals surface area contributed by atoms with Gasteiger partial charge in [0.25, 0.3) is 0 Å². The lowest BCUT2D eigenvalue weighted by atomic mass is 9.83. The van der Waals surface area contributed by atoms with Crippen LogP contribution < -0.4 is 0 Å². The van der Waals surface area contributed by atoms with Crippen molar-refractivity contribution in [1.29, 1.82) is 0 Å². The quantitative estimate of drug-likeness (QED) is 0.781. The van der Waals surface area contributed by atoms with Crippen molar-refractivity contribution in [3.05, 3.63) is 35.4 Å². The number of Topliss-reactive ketones (excluding diaryl/α,β-unsaturated/α-hetero) is 1. The molecule has 0 spiro atoms. The molecule has 1 aromatic carbocycles. The molecular formula is C14H15F3O. The monoisotopic (exact) mass is 256 g/mol. The first kappa shape index (κ1) is 13.1. The number of benzene rings is 1. The molecule has 0 N–H and O–H groups in total. The highest BCUT2D eigenvalue weighted by Crippen LogP contribution is 2.30. The predicted molar refractivity (Wildman–Crippen MR) is 62.1 cm³/mol. The van der Waals surface area contributed by atoms with Gasteiger partial charge in [0.2, 0.25) is 0 Å². The maximum atomic E-state index is 12.4. The molecule has 1 fully saturated rings. The normalized spacial score (nSPS) is 21.1. The Balaban J connectivity index is 2.04. The predicted octanol–water partition coefficient (Wildman–Crippen LogP) is 4.01. The van der Waals surface area contributed by atoms with E-state index in [0.29, 0.717) is 12.8 Å². The van der Waals surface area contributed by atoms with Crippen molar-refractivity contribution in [2.24, 2.45) is 5.92 Å². The zero-order chi connectivity index (χ0) is 13.2. The maximum Gasteiger partial charge on any atom is 0.416 e. The summed E-state index contributed by atoms with van der Waals surface area (Å²) in [7, 11) is 0. The van der Waals surface area contributed by atoms with Crippen LogP contribution in [0.15, 0.2) is 24.3 Å². The van der Waals surface area contributed by atoms with Gasteiger partial charge in [-0.3, -0.25) is 4.79 Å². The highest BCUT2D eigenvalue weighted by atomic mass is 19.4. The molecule has 1 nitrogen and oxygen atoms in total. The maximum absolute atomic E-state index is 12.4. The van der Waals surface area contributed by atoms with Crippen LogP contribution in [0.5, 0.6) is 0 Å². The van der Waals surface area contributed by atoms with Crippen molar-refractivity contribution >= 4 is 5.78 Å². The topological polar surface area (TPSA) is 17.1 Å². The minimum absolute atomic E-state index is 0.00418. The average molecular weight is 256 g/mol. The van der Waals surface area contributed by atoms with Crippen molar-refractivity contribution in [1.82, 2.24) is 0 Å². The second kappa shape index (κ2) is 5.12. The van der Waals surface area contributed by atoms with Crippen molar-refractivity contribution < 1.29 is 18.0 Å². The fourth-order valence-corrected chi connectivity index (χ4v) is 2.39. The summed E-state index contributed by atoms with van der Waals surface area (Å²) in [6, 6.07) is 5.13. The van der Waals surface area contributed by atoms with Gasteiger partial charge in [-0.2, -0.15) is 13.2 Å². The first-order valence-electron chi connectivity index (χ1n) is 6.15. The number of carbonyl (C=O) groups is 1. The van der Waals surface area contributed by atoms with E-state index in [2.05, 4.69) is 0 Å². The Labute approximate surface area is 104 Å². The molecule has 0 bridgehead atoms. The molecule has 2 rings (SSSR count). The lowest BCUT2D eigenvalue weighted by Gasteiger charge is -2.20. The Kier molecular flexibility index (Phi) is 3.73. The first-order chi connectivity index (χ1) is 8.47. The van der Waals surface area contributed by atoms with Gasteiger partial charge in [0, 0.05) is 12.3 Å². The Morgan fingerprint density at radius 1 is 1.11 bits per heavy atom. The van der Waals surface area contributed by atoms with Crippen LogP contribution >= 0.6 is 0 Å². The molecule has 0 heterocycles. The summed E-state index contributed by atoms with van der Waals surface area (Å²) in [5.74, 6) is 0.247. The third-order valence-corrected chi connectivity index (χ3v) is 3.44. The third kappa shape index (κ3) is 3.12. The summed E-state index contributed by atoms with van der Waals surface area (Å²) in [5, 5.41) is 0. The molecule has 1 unspecified atom stereocenters. The fourth-order valence-electron chi connectivity index (χ4n) is 2.39. The molecular weight excluding hydrogens is 241 g/mol. The fraction of sp³-hybridized carbons (Fsp3) is 0.500. The molecule has 1 aliphatic carbocycles. The molecule has 0 radical (unpaired) electrons. The number of rotatable bonds is 2. The van der Waals surface area contributed by atoms with E-state index in [1.54, 1.807) is 0 Å². The largest absolute Gasteiger partial charge is 0.416 e. The van der Waals surface area contributed by atoms with E-state index in [9.17, 15) is 18.0 Å². The zero-order valence-corrected chi connectivity index (χ0v) is 9.96. The minimum Gasteiger partial charge on any atom is -0.299 e. The van der Waals surface area contributed by atoms with E-state index in [1.807, 2.05) is 0 Å². The van der Waals surface area contributed by atoms with Crippen LogP contribution in [0, 0.1) is 5.92 Å². The molecule has 1 aromatic rings. The second-order valence-electron chi connectivity index (χ2n) is 4.81. The van der Waals surface area contributed by atoms with Gasteiger partial charge in [0.05, 0.1) is 5.56 Å². The summed E-state index contributed by atoms with van der Waals surface area (Å²) >= 11 is 0. The van der Waals surface area contributed by atoms with Gasteiger partial charge in [-0.15, -0.1) is 0 Å². The van der Waals surface area contributed by atoms with E-state index in [1.165, 1.54) is 12.1 Å². The van der Waals surface area contributed by atoms with Crippen LogP contribution in [0.2, 0.25) is 0 Å². The SMILES string of the molecule is O=C1CCCCC1Cc1ccc(C(F)(F)F)cc1. The van der Waals surface area contributed by atoms with Crippen molar-refractivity contribution in [2.75, 3.05) is 0 Å². The molecule has 4 heteroatoms. The van der Waals surface area contributed by atoms with Crippen molar-refractivity contribution in [3.8, 4) is 0 Å². The summed E-state index contributed by atoms with van der Waals surface area (Å²) in [6.45, 7) is 0. The Bertz CT molecular complexity index is 420. The van der Waals surface area contributed by atoms with Gasteiger partial charge in [-0.25, -0.2) is 0 Å². The van der Waals surface area contributed by atoms with Crippen LogP contribution in [0.4, 0.5) is 13.2 Å². The zero-order valence-electron chi connectivity index (χ0n) is 9.96. The molecule has 0 amide bonds. The first-order valence-corrected chi connectivity index (χ1v) is 6.15. The van der Waals surface area contributed by atoms with Gasteiger partial charge in [-0.1, -0.05) is 18.6 Å². The number of alkyl halides is 3. The number of ketones is 1. The van der Waals surface area contributed by atoms with Crippen LogP contribution in [0.1, 0.15) is 36.8 Å². The number of hydrogen-bond donors (Lipinski definition) is 0. The number of halogens is 3. The van der Waals surface area contributed by atoms with Gasteiger partial charge in [-0.05, 0) is 37.0 Å². The third-order valence-electron chi connectivity index (χ3n) is 3.44. The standard InChI is InChI=1S/C14H15F3O/c15-14(16,17)12-7-5-10(6-8-12)9-11-3-1-2-4-13(11)18/h5-8,11H,1-4,9H2. The number of carbonyl (C=O) groups excluding carboxylic acids is 1. The van der Waals surface area contributed by atoms with Gasteiger partial charge in [0.15, 0.2) is 0 Å². The van der Waals surface area contributed by atoms with Crippen LogP contribution in [-0.2, 0) is 17.4 Å². The molecule has 0 aromatic heterocycles. The summed E-state index contributed by atoms with van der Waals surface area (Å²) < 4.78 is 37.2. The lowest BCUT2D eigenvalue weighted by molar-refractivity contribution is -0.137. The Morgan fingerprint density at radius 2 is 1.78 bits per heavy atom. The van der Waals surface area contributed by atoms with Crippen LogP contribution in [0.3, 0.4) is 0 Å². The van der Waals surface area contributed by atoms with E-state index in [0.717, 1.165) is 37.0 Å². The molecule has 1 saturated carbocycles. The van der Waals surface area contributed by atoms with Crippen molar-refractivity contribution in [2.45, 2.75) is 38.3 Å². The average Bonchev–Trinajstić information content (AvgIpc) is 2.32. The van der Waals surface area contributed by atoms with E-state index >= 15 is 0 Å². The highest BCUT2D eigenvalue weighted by Gasteiger charge is 2.30. The van der Waals surface area contributed by atoms with E-state index in [-0.39, 0.29) is 11.7 Å². The Morgan fingerprint density at radius 3 is 2.33 bits per heavy atom. The van der Waals surface area contributed by atoms with Crippen molar-refractivity contribution in [3.63, 3.8) is 0 Å². The Hall–Kier alpha value is -1.32. The van der Waals surface area contributed by atoms with Gasteiger partial charge in [0.1, 0.15) is 5.78 Å². The molecule has 98 valence electrons. The molecule has 0 saturated heterocycles. The minimum atomic E-state index is -4.29. The van der Waals surface area contributed by atoms with Crippen LogP contribution in [-0.4, -0.2) is 5.78 Å². The molecule has 0 aliphatic heterocycles. The summed E-state index contributed by atoms with van der Waals surface area (Å²) in [4.78, 5) is 11.6. The summed E-state index contributed by atoms with van der Waals surface area (Å²) in [5.41, 5.74) is 0.171. The van der Waals surface area contributed by atoms with E-state index in [4.69, 9.17) is 0 Å².